The van der Waals surface area contributed by atoms with Crippen LogP contribution in [-0.2, 0) is 17.8 Å². The van der Waals surface area contributed by atoms with Crippen molar-refractivity contribution in [3.8, 4) is 0 Å². The van der Waals surface area contributed by atoms with E-state index in [1.54, 1.807) is 6.92 Å². The second-order valence-electron chi connectivity index (χ2n) is 5.27. The first-order chi connectivity index (χ1) is 10.1. The maximum Gasteiger partial charge on any atom is 0.219 e. The van der Waals surface area contributed by atoms with Crippen LogP contribution in [0.5, 0.6) is 0 Å². The molecular weight excluding hydrogens is 326 g/mol. The van der Waals surface area contributed by atoms with Gasteiger partial charge < -0.3 is 4.90 Å². The van der Waals surface area contributed by atoms with Gasteiger partial charge in [0.05, 0.1) is 0 Å². The minimum Gasteiger partial charge on any atom is -0.338 e. The van der Waals surface area contributed by atoms with Gasteiger partial charge in [-0.2, -0.15) is 0 Å². The van der Waals surface area contributed by atoms with Crippen LogP contribution in [0.4, 0.5) is 0 Å². The Hall–Kier alpha value is -1.61. The number of hydrogen-bond donors (Lipinski definition) is 0. The number of aryl methyl sites for hydroxylation is 1. The molecule has 0 saturated carbocycles. The van der Waals surface area contributed by atoms with Gasteiger partial charge in [0.1, 0.15) is 0 Å². The molecule has 0 aliphatic rings. The van der Waals surface area contributed by atoms with E-state index in [4.69, 9.17) is 0 Å². The van der Waals surface area contributed by atoms with E-state index < -0.39 is 0 Å². The van der Waals surface area contributed by atoms with Crippen LogP contribution in [0.25, 0.3) is 0 Å². The fraction of sp³-hybridized carbons (Fsp3) is 0.278. The minimum atomic E-state index is 0.110. The Morgan fingerprint density at radius 2 is 1.86 bits per heavy atom. The molecular formula is C18H20BrNO. The van der Waals surface area contributed by atoms with Crippen LogP contribution in [0, 0.1) is 6.92 Å². The van der Waals surface area contributed by atoms with Gasteiger partial charge in [0, 0.05) is 24.5 Å². The fourth-order valence-electron chi connectivity index (χ4n) is 2.29. The second-order valence-corrected chi connectivity index (χ2v) is 6.13. The average molecular weight is 346 g/mol. The van der Waals surface area contributed by atoms with Crippen LogP contribution >= 0.6 is 15.9 Å². The van der Waals surface area contributed by atoms with Crippen molar-refractivity contribution in [2.45, 2.75) is 26.8 Å². The van der Waals surface area contributed by atoms with E-state index in [0.29, 0.717) is 6.54 Å². The van der Waals surface area contributed by atoms with Gasteiger partial charge in [0.25, 0.3) is 0 Å². The lowest BCUT2D eigenvalue weighted by Gasteiger charge is -2.22. The van der Waals surface area contributed by atoms with Gasteiger partial charge in [-0.25, -0.2) is 0 Å². The average Bonchev–Trinajstić information content (AvgIpc) is 2.47. The molecule has 0 heterocycles. The summed E-state index contributed by atoms with van der Waals surface area (Å²) in [4.78, 5) is 13.8. The number of benzene rings is 2. The van der Waals surface area contributed by atoms with Gasteiger partial charge in [-0.3, -0.25) is 4.79 Å². The number of hydrogen-bond acceptors (Lipinski definition) is 1. The van der Waals surface area contributed by atoms with Crippen molar-refractivity contribution in [1.29, 1.82) is 0 Å². The van der Waals surface area contributed by atoms with Gasteiger partial charge in [-0.1, -0.05) is 64.0 Å². The fourth-order valence-corrected chi connectivity index (χ4v) is 2.66. The van der Waals surface area contributed by atoms with E-state index in [9.17, 15) is 4.79 Å². The lowest BCUT2D eigenvalue weighted by atomic mass is 10.1. The molecule has 0 fully saturated rings. The lowest BCUT2D eigenvalue weighted by Crippen LogP contribution is -2.30. The maximum atomic E-state index is 11.9. The van der Waals surface area contributed by atoms with E-state index in [1.165, 1.54) is 11.1 Å². The molecule has 0 aliphatic carbocycles. The third-order valence-electron chi connectivity index (χ3n) is 3.52. The Balaban J connectivity index is 2.05. The quantitative estimate of drug-likeness (QED) is 0.788. The van der Waals surface area contributed by atoms with E-state index in [1.807, 2.05) is 29.2 Å². The zero-order valence-corrected chi connectivity index (χ0v) is 14.1. The molecule has 0 atom stereocenters. The van der Waals surface area contributed by atoms with Crippen molar-refractivity contribution < 1.29 is 4.79 Å². The number of rotatable bonds is 5. The number of amides is 1. The molecule has 2 aromatic carbocycles. The summed E-state index contributed by atoms with van der Waals surface area (Å²) in [6.45, 7) is 5.08. The summed E-state index contributed by atoms with van der Waals surface area (Å²) in [5.74, 6) is 0.110. The molecule has 3 heteroatoms. The monoisotopic (exact) mass is 345 g/mol. The smallest absolute Gasteiger partial charge is 0.219 e. The highest BCUT2D eigenvalue weighted by Crippen LogP contribution is 2.20. The Bertz CT molecular complexity index is 610. The SMILES string of the molecule is CC(=O)N(CCc1ccccc1)Cc1cc(C)ccc1Br. The summed E-state index contributed by atoms with van der Waals surface area (Å²) in [6.07, 6.45) is 0.879. The Morgan fingerprint density at radius 1 is 1.14 bits per heavy atom. The van der Waals surface area contributed by atoms with Crippen LogP contribution in [0.1, 0.15) is 23.6 Å². The van der Waals surface area contributed by atoms with E-state index in [2.05, 4.69) is 47.1 Å². The summed E-state index contributed by atoms with van der Waals surface area (Å²) in [7, 11) is 0. The molecule has 2 aromatic rings. The van der Waals surface area contributed by atoms with E-state index in [-0.39, 0.29) is 5.91 Å². The molecule has 0 N–H and O–H groups in total. The van der Waals surface area contributed by atoms with Gasteiger partial charge >= 0.3 is 0 Å². The number of carbonyl (C=O) groups excluding carboxylic acids is 1. The zero-order valence-electron chi connectivity index (χ0n) is 12.5. The predicted molar refractivity (Wildman–Crippen MR) is 90.1 cm³/mol. The van der Waals surface area contributed by atoms with Gasteiger partial charge in [-0.05, 0) is 30.5 Å². The molecule has 0 bridgehead atoms. The minimum absolute atomic E-state index is 0.110. The van der Waals surface area contributed by atoms with Crippen molar-refractivity contribution in [2.24, 2.45) is 0 Å². The summed E-state index contributed by atoms with van der Waals surface area (Å²) in [5.41, 5.74) is 3.62. The Morgan fingerprint density at radius 3 is 2.52 bits per heavy atom. The highest BCUT2D eigenvalue weighted by Gasteiger charge is 2.11. The summed E-state index contributed by atoms with van der Waals surface area (Å²) in [5, 5.41) is 0. The second kappa shape index (κ2) is 7.41. The molecule has 21 heavy (non-hydrogen) atoms. The molecule has 2 nitrogen and oxygen atoms in total. The van der Waals surface area contributed by atoms with Gasteiger partial charge in [0.15, 0.2) is 0 Å². The predicted octanol–water partition coefficient (Wildman–Crippen LogP) is 4.35. The summed E-state index contributed by atoms with van der Waals surface area (Å²) < 4.78 is 1.05. The highest BCUT2D eigenvalue weighted by atomic mass is 79.9. The number of nitrogens with zero attached hydrogens (tertiary/aromatic N) is 1. The van der Waals surface area contributed by atoms with Crippen molar-refractivity contribution in [1.82, 2.24) is 4.90 Å². The Labute approximate surface area is 134 Å². The first kappa shape index (κ1) is 15.8. The normalized spacial score (nSPS) is 10.4. The summed E-state index contributed by atoms with van der Waals surface area (Å²) >= 11 is 3.57. The van der Waals surface area contributed by atoms with Crippen LogP contribution in [0.15, 0.2) is 53.0 Å². The van der Waals surface area contributed by atoms with Crippen molar-refractivity contribution in [3.63, 3.8) is 0 Å². The van der Waals surface area contributed by atoms with Crippen LogP contribution in [-0.4, -0.2) is 17.4 Å². The van der Waals surface area contributed by atoms with Crippen LogP contribution in [0.3, 0.4) is 0 Å². The standard InChI is InChI=1S/C18H20BrNO/c1-14-8-9-18(19)17(12-14)13-20(15(2)21)11-10-16-6-4-3-5-7-16/h3-9,12H,10-11,13H2,1-2H3. The zero-order chi connectivity index (χ0) is 15.2. The largest absolute Gasteiger partial charge is 0.338 e. The molecule has 0 aliphatic heterocycles. The van der Waals surface area contributed by atoms with Gasteiger partial charge in [-0.15, -0.1) is 0 Å². The third-order valence-corrected chi connectivity index (χ3v) is 4.29. The Kier molecular flexibility index (Phi) is 5.57. The van der Waals surface area contributed by atoms with Crippen LogP contribution in [0.2, 0.25) is 0 Å². The molecule has 0 aromatic heterocycles. The van der Waals surface area contributed by atoms with Crippen LogP contribution < -0.4 is 0 Å². The molecule has 0 spiro atoms. The molecule has 0 saturated heterocycles. The van der Waals surface area contributed by atoms with Crippen molar-refractivity contribution in [3.05, 3.63) is 69.7 Å². The first-order valence-corrected chi connectivity index (χ1v) is 7.90. The van der Waals surface area contributed by atoms with Gasteiger partial charge in [0.2, 0.25) is 5.91 Å². The molecule has 2 rings (SSSR count). The maximum absolute atomic E-state index is 11.9. The van der Waals surface area contributed by atoms with Crippen molar-refractivity contribution >= 4 is 21.8 Å². The number of halogens is 1. The highest BCUT2D eigenvalue weighted by molar-refractivity contribution is 9.10. The first-order valence-electron chi connectivity index (χ1n) is 7.10. The molecule has 110 valence electrons. The molecule has 0 unspecified atom stereocenters. The number of carbonyl (C=O) groups is 1. The van der Waals surface area contributed by atoms with Crippen molar-refractivity contribution in [2.75, 3.05) is 6.54 Å². The lowest BCUT2D eigenvalue weighted by molar-refractivity contribution is -0.129. The third kappa shape index (κ3) is 4.71. The molecule has 1 amide bonds. The van der Waals surface area contributed by atoms with E-state index in [0.717, 1.165) is 23.0 Å². The van der Waals surface area contributed by atoms with E-state index >= 15 is 0 Å². The summed E-state index contributed by atoms with van der Waals surface area (Å²) in [6, 6.07) is 16.5. The topological polar surface area (TPSA) is 20.3 Å². The molecule has 0 radical (unpaired) electrons.